The van der Waals surface area contributed by atoms with Gasteiger partial charge in [-0.2, -0.15) is 0 Å². The van der Waals surface area contributed by atoms with Crippen LogP contribution in [0.1, 0.15) is 102 Å². The van der Waals surface area contributed by atoms with Gasteiger partial charge in [0.15, 0.2) is 0 Å². The highest BCUT2D eigenvalue weighted by atomic mass is 16.6. The van der Waals surface area contributed by atoms with Crippen LogP contribution in [0.5, 0.6) is 0 Å². The van der Waals surface area contributed by atoms with Gasteiger partial charge in [-0.15, -0.1) is 20.5 Å². The summed E-state index contributed by atoms with van der Waals surface area (Å²) in [5.74, 6) is -1.07. The molecule has 0 spiro atoms. The summed E-state index contributed by atoms with van der Waals surface area (Å²) in [6.07, 6.45) is 0.906. The van der Waals surface area contributed by atoms with Crippen molar-refractivity contribution in [1.29, 1.82) is 0 Å². The fourth-order valence-corrected chi connectivity index (χ4v) is 5.72. The van der Waals surface area contributed by atoms with Crippen LogP contribution in [0.15, 0.2) is 24.3 Å². The molecule has 188 valence electrons. The number of carbonyl (C=O) groups excluding carboxylic acids is 2. The van der Waals surface area contributed by atoms with Crippen molar-refractivity contribution in [3.63, 3.8) is 0 Å². The molecule has 2 aliphatic heterocycles. The minimum Gasteiger partial charge on any atom is -0.459 e. The Hall–Kier alpha value is -2.00. The number of nitrogens with zero attached hydrogens (tertiary/aromatic N) is 2. The topological polar surface area (TPSA) is 98.9 Å². The molecule has 8 nitrogen and oxygen atoms in total. The van der Waals surface area contributed by atoms with Gasteiger partial charge >= 0.3 is 11.9 Å². The molecule has 0 unspecified atom stereocenters. The van der Waals surface area contributed by atoms with E-state index in [4.69, 9.17) is 9.47 Å². The first-order valence-electron chi connectivity index (χ1n) is 11.9. The van der Waals surface area contributed by atoms with Crippen molar-refractivity contribution < 1.29 is 29.5 Å². The van der Waals surface area contributed by atoms with Gasteiger partial charge in [-0.1, -0.05) is 6.07 Å². The maximum absolute atomic E-state index is 12.9. The predicted molar refractivity (Wildman–Crippen MR) is 125 cm³/mol. The standard InChI is InChI=1S/C26H38N2O6/c1-23(2)13-19(14-24(3,4)27(23)31)33-21(29)17-10-9-11-18(12-17)22(30)34-20-15-25(5,6)28(32)26(7,8)16-20/h9-12,19-20H,13-16H2,1-8H3. The summed E-state index contributed by atoms with van der Waals surface area (Å²) in [4.78, 5) is 25.8. The Labute approximate surface area is 202 Å². The number of ether oxygens (including phenoxy) is 2. The third-order valence-electron chi connectivity index (χ3n) is 6.99. The van der Waals surface area contributed by atoms with Gasteiger partial charge in [0.2, 0.25) is 0 Å². The monoisotopic (exact) mass is 474 g/mol. The molecule has 0 bridgehead atoms. The second kappa shape index (κ2) is 8.90. The zero-order valence-corrected chi connectivity index (χ0v) is 21.6. The van der Waals surface area contributed by atoms with E-state index in [1.165, 1.54) is 6.07 Å². The lowest BCUT2D eigenvalue weighted by Crippen LogP contribution is -2.60. The van der Waals surface area contributed by atoms with Gasteiger partial charge in [0.25, 0.3) is 0 Å². The van der Waals surface area contributed by atoms with Crippen molar-refractivity contribution >= 4 is 11.9 Å². The summed E-state index contributed by atoms with van der Waals surface area (Å²) in [6, 6.07) is 6.29. The quantitative estimate of drug-likeness (QED) is 0.585. The van der Waals surface area contributed by atoms with Crippen molar-refractivity contribution in [2.45, 2.75) is 115 Å². The lowest BCUT2D eigenvalue weighted by atomic mass is 9.80. The maximum Gasteiger partial charge on any atom is 0.338 e. The van der Waals surface area contributed by atoms with Crippen molar-refractivity contribution in [2.75, 3.05) is 0 Å². The lowest BCUT2D eigenvalue weighted by molar-refractivity contribution is -0.298. The molecule has 2 aliphatic rings. The van der Waals surface area contributed by atoms with Gasteiger partial charge in [0.05, 0.1) is 11.1 Å². The Bertz CT molecular complexity index is 832. The van der Waals surface area contributed by atoms with Crippen molar-refractivity contribution in [1.82, 2.24) is 10.1 Å². The smallest absolute Gasteiger partial charge is 0.338 e. The van der Waals surface area contributed by atoms with E-state index in [0.717, 1.165) is 10.1 Å². The summed E-state index contributed by atoms with van der Waals surface area (Å²) in [5, 5.41) is 27.3. The number of hydrogen-bond acceptors (Lipinski definition) is 6. The molecule has 2 saturated heterocycles. The molecule has 0 N–H and O–H groups in total. The Kier molecular flexibility index (Phi) is 6.96. The molecular weight excluding hydrogens is 436 g/mol. The van der Waals surface area contributed by atoms with Gasteiger partial charge in [-0.25, -0.2) is 9.59 Å². The third-order valence-corrected chi connectivity index (χ3v) is 6.99. The summed E-state index contributed by atoms with van der Waals surface area (Å²) in [6.45, 7) is 14.8. The van der Waals surface area contributed by atoms with E-state index in [9.17, 15) is 20.0 Å². The van der Waals surface area contributed by atoms with Gasteiger partial charge in [-0.3, -0.25) is 0 Å². The highest BCUT2D eigenvalue weighted by molar-refractivity contribution is 5.95. The highest BCUT2D eigenvalue weighted by Gasteiger charge is 2.48. The largest absolute Gasteiger partial charge is 0.459 e. The number of hydrogen-bond donors (Lipinski definition) is 0. The van der Waals surface area contributed by atoms with Crippen LogP contribution in [0.4, 0.5) is 0 Å². The second-order valence-corrected chi connectivity index (χ2v) is 12.3. The van der Waals surface area contributed by atoms with Gasteiger partial charge < -0.3 is 9.47 Å². The van der Waals surface area contributed by atoms with E-state index in [1.807, 2.05) is 55.4 Å². The summed E-state index contributed by atoms with van der Waals surface area (Å²) in [5.41, 5.74) is -2.10. The average Bonchev–Trinajstić information content (AvgIpc) is 2.69. The van der Waals surface area contributed by atoms with Crippen molar-refractivity contribution in [2.24, 2.45) is 0 Å². The molecule has 2 fully saturated rings. The molecule has 2 radical (unpaired) electrons. The van der Waals surface area contributed by atoms with Crippen LogP contribution in [0.3, 0.4) is 0 Å². The first kappa shape index (κ1) is 26.6. The zero-order chi connectivity index (χ0) is 25.7. The normalized spacial score (nSPS) is 25.0. The average molecular weight is 475 g/mol. The summed E-state index contributed by atoms with van der Waals surface area (Å²) in [7, 11) is 0. The second-order valence-electron chi connectivity index (χ2n) is 12.3. The van der Waals surface area contributed by atoms with Crippen molar-refractivity contribution in [3.8, 4) is 0 Å². The number of piperidine rings is 2. The molecule has 3 rings (SSSR count). The van der Waals surface area contributed by atoms with E-state index in [1.54, 1.807) is 18.2 Å². The SMILES string of the molecule is CC1(C)CC(OC(=O)c2cccc(C(=O)OC3CC(C)(C)N([O])C(C)(C)C3)c2)CC(C)(C)N1[O]. The summed E-state index contributed by atoms with van der Waals surface area (Å²) < 4.78 is 11.5. The molecule has 0 saturated carbocycles. The fourth-order valence-electron chi connectivity index (χ4n) is 5.72. The summed E-state index contributed by atoms with van der Waals surface area (Å²) >= 11 is 0. The van der Waals surface area contributed by atoms with Crippen LogP contribution in [0, 0.1) is 0 Å². The number of benzene rings is 1. The van der Waals surface area contributed by atoms with Crippen LogP contribution in [0.25, 0.3) is 0 Å². The van der Waals surface area contributed by atoms with Crippen LogP contribution in [0.2, 0.25) is 0 Å². The minimum atomic E-state index is -0.653. The number of rotatable bonds is 4. The Morgan fingerprint density at radius 1 is 0.676 bits per heavy atom. The number of hydroxylamine groups is 4. The molecular formula is C26H38N2O6. The predicted octanol–water partition coefficient (Wildman–Crippen LogP) is 4.73. The molecule has 34 heavy (non-hydrogen) atoms. The highest BCUT2D eigenvalue weighted by Crippen LogP contribution is 2.39. The third kappa shape index (κ3) is 5.46. The van der Waals surface area contributed by atoms with Crippen LogP contribution < -0.4 is 0 Å². The molecule has 1 aromatic rings. The zero-order valence-electron chi connectivity index (χ0n) is 21.6. The van der Waals surface area contributed by atoms with Crippen LogP contribution in [-0.2, 0) is 19.9 Å². The Balaban J connectivity index is 1.69. The maximum atomic E-state index is 12.9. The van der Waals surface area contributed by atoms with Crippen LogP contribution >= 0.6 is 0 Å². The molecule has 2 heterocycles. The minimum absolute atomic E-state index is 0.254. The van der Waals surface area contributed by atoms with Crippen LogP contribution in [-0.4, -0.2) is 56.4 Å². The number of esters is 2. The Morgan fingerprint density at radius 2 is 0.971 bits per heavy atom. The van der Waals surface area contributed by atoms with Gasteiger partial charge in [0.1, 0.15) is 12.2 Å². The van der Waals surface area contributed by atoms with E-state index in [2.05, 4.69) is 0 Å². The van der Waals surface area contributed by atoms with Gasteiger partial charge in [0, 0.05) is 47.8 Å². The van der Waals surface area contributed by atoms with E-state index >= 15 is 0 Å². The molecule has 0 aromatic heterocycles. The van der Waals surface area contributed by atoms with Crippen molar-refractivity contribution in [3.05, 3.63) is 35.4 Å². The number of carbonyl (C=O) groups is 2. The lowest BCUT2D eigenvalue weighted by Gasteiger charge is -2.49. The first-order chi connectivity index (χ1) is 15.4. The molecule has 1 aromatic carbocycles. The van der Waals surface area contributed by atoms with E-state index in [-0.39, 0.29) is 11.1 Å². The first-order valence-corrected chi connectivity index (χ1v) is 11.9. The Morgan fingerprint density at radius 3 is 1.26 bits per heavy atom. The molecule has 0 amide bonds. The van der Waals surface area contributed by atoms with E-state index < -0.39 is 46.3 Å². The fraction of sp³-hybridized carbons (Fsp3) is 0.692. The van der Waals surface area contributed by atoms with E-state index in [0.29, 0.717) is 25.7 Å². The molecule has 0 atom stereocenters. The van der Waals surface area contributed by atoms with Gasteiger partial charge in [-0.05, 0) is 73.6 Å². The molecule has 0 aliphatic carbocycles. The molecule has 8 heteroatoms.